The minimum Gasteiger partial charge on any atom is -0.293 e. The lowest BCUT2D eigenvalue weighted by Crippen LogP contribution is -1.96. The predicted octanol–water partition coefficient (Wildman–Crippen LogP) is 3.03. The average molecular weight is 209 g/mol. The molecule has 0 bridgehead atoms. The zero-order valence-corrected chi connectivity index (χ0v) is 9.60. The maximum absolute atomic E-state index is 11.0. The molecule has 0 spiro atoms. The van der Waals surface area contributed by atoms with Crippen LogP contribution in [0.1, 0.15) is 31.3 Å². The lowest BCUT2D eigenvalue weighted by atomic mass is 10.3. The van der Waals surface area contributed by atoms with Crippen LogP contribution in [0.15, 0.2) is 23.2 Å². The van der Waals surface area contributed by atoms with Crippen LogP contribution in [0.25, 0.3) is 0 Å². The SMILES string of the molecule is CC(=O)c1ccc(SCC(C)C)cn1. The molecular formula is C11H15NOS. The topological polar surface area (TPSA) is 30.0 Å². The van der Waals surface area contributed by atoms with E-state index >= 15 is 0 Å². The summed E-state index contributed by atoms with van der Waals surface area (Å²) in [5.74, 6) is 1.78. The van der Waals surface area contributed by atoms with E-state index < -0.39 is 0 Å². The van der Waals surface area contributed by atoms with Crippen molar-refractivity contribution in [3.63, 3.8) is 0 Å². The molecule has 1 rings (SSSR count). The van der Waals surface area contributed by atoms with E-state index in [1.165, 1.54) is 6.92 Å². The molecule has 2 nitrogen and oxygen atoms in total. The normalized spacial score (nSPS) is 10.6. The third-order valence-corrected chi connectivity index (χ3v) is 3.09. The van der Waals surface area contributed by atoms with Crippen molar-refractivity contribution in [1.82, 2.24) is 4.98 Å². The Bertz CT molecular complexity index is 306. The van der Waals surface area contributed by atoms with E-state index in [4.69, 9.17) is 0 Å². The minimum atomic E-state index is 0.0189. The van der Waals surface area contributed by atoms with E-state index in [2.05, 4.69) is 18.8 Å². The molecule has 1 aromatic rings. The highest BCUT2D eigenvalue weighted by Crippen LogP contribution is 2.19. The van der Waals surface area contributed by atoms with Gasteiger partial charge in [-0.25, -0.2) is 0 Å². The van der Waals surface area contributed by atoms with Gasteiger partial charge in [0.05, 0.1) is 0 Å². The van der Waals surface area contributed by atoms with Gasteiger partial charge in [-0.15, -0.1) is 11.8 Å². The van der Waals surface area contributed by atoms with Crippen molar-refractivity contribution >= 4 is 17.5 Å². The largest absolute Gasteiger partial charge is 0.293 e. The Kier molecular flexibility index (Phi) is 4.14. The van der Waals surface area contributed by atoms with Crippen molar-refractivity contribution < 1.29 is 4.79 Å². The second kappa shape index (κ2) is 5.15. The van der Waals surface area contributed by atoms with Crippen molar-refractivity contribution in [3.8, 4) is 0 Å². The third kappa shape index (κ3) is 3.50. The van der Waals surface area contributed by atoms with Crippen LogP contribution in [0.5, 0.6) is 0 Å². The summed E-state index contributed by atoms with van der Waals surface area (Å²) in [5, 5.41) is 0. The molecule has 0 atom stereocenters. The van der Waals surface area contributed by atoms with Gasteiger partial charge in [0.25, 0.3) is 0 Å². The number of aromatic nitrogens is 1. The summed E-state index contributed by atoms with van der Waals surface area (Å²) in [6, 6.07) is 3.74. The molecule has 0 aromatic carbocycles. The third-order valence-electron chi connectivity index (χ3n) is 1.68. The van der Waals surface area contributed by atoms with Gasteiger partial charge in [-0.3, -0.25) is 9.78 Å². The van der Waals surface area contributed by atoms with Crippen LogP contribution in [0.3, 0.4) is 0 Å². The maximum atomic E-state index is 11.0. The number of carbonyl (C=O) groups excluding carboxylic acids is 1. The molecule has 0 unspecified atom stereocenters. The van der Waals surface area contributed by atoms with Crippen molar-refractivity contribution in [2.24, 2.45) is 5.92 Å². The Morgan fingerprint density at radius 2 is 2.21 bits per heavy atom. The van der Waals surface area contributed by atoms with Gasteiger partial charge in [-0.05, 0) is 18.1 Å². The maximum Gasteiger partial charge on any atom is 0.178 e. The molecule has 0 saturated carbocycles. The average Bonchev–Trinajstić information content (AvgIpc) is 2.15. The zero-order chi connectivity index (χ0) is 10.6. The van der Waals surface area contributed by atoms with E-state index in [0.717, 1.165) is 10.6 Å². The van der Waals surface area contributed by atoms with Crippen LogP contribution in [0.4, 0.5) is 0 Å². The van der Waals surface area contributed by atoms with E-state index in [1.54, 1.807) is 24.0 Å². The van der Waals surface area contributed by atoms with Crippen molar-refractivity contribution in [3.05, 3.63) is 24.0 Å². The molecule has 1 aromatic heterocycles. The minimum absolute atomic E-state index is 0.0189. The Balaban J connectivity index is 2.60. The van der Waals surface area contributed by atoms with Crippen molar-refractivity contribution in [2.75, 3.05) is 5.75 Å². The summed E-state index contributed by atoms with van der Waals surface area (Å²) in [4.78, 5) is 16.2. The van der Waals surface area contributed by atoms with Gasteiger partial charge in [0.1, 0.15) is 5.69 Å². The summed E-state index contributed by atoms with van der Waals surface area (Å²) >= 11 is 1.78. The molecule has 0 radical (unpaired) electrons. The van der Waals surface area contributed by atoms with Crippen molar-refractivity contribution in [2.45, 2.75) is 25.7 Å². The van der Waals surface area contributed by atoms with Gasteiger partial charge in [0, 0.05) is 23.8 Å². The Hall–Kier alpha value is -0.830. The first kappa shape index (κ1) is 11.2. The van der Waals surface area contributed by atoms with Gasteiger partial charge in [-0.2, -0.15) is 0 Å². The van der Waals surface area contributed by atoms with Gasteiger partial charge < -0.3 is 0 Å². The van der Waals surface area contributed by atoms with E-state index in [0.29, 0.717) is 11.6 Å². The predicted molar refractivity (Wildman–Crippen MR) is 59.8 cm³/mol. The molecule has 3 heteroatoms. The van der Waals surface area contributed by atoms with Gasteiger partial charge in [0.15, 0.2) is 5.78 Å². The quantitative estimate of drug-likeness (QED) is 0.564. The summed E-state index contributed by atoms with van der Waals surface area (Å²) in [6.07, 6.45) is 1.77. The first-order valence-corrected chi connectivity index (χ1v) is 5.68. The number of ketones is 1. The summed E-state index contributed by atoms with van der Waals surface area (Å²) < 4.78 is 0. The first-order valence-electron chi connectivity index (χ1n) is 4.69. The number of nitrogens with zero attached hydrogens (tertiary/aromatic N) is 1. The van der Waals surface area contributed by atoms with Crippen LogP contribution in [0, 0.1) is 5.92 Å². The van der Waals surface area contributed by atoms with Crippen molar-refractivity contribution in [1.29, 1.82) is 0 Å². The van der Waals surface area contributed by atoms with Gasteiger partial charge >= 0.3 is 0 Å². The van der Waals surface area contributed by atoms with Gasteiger partial charge in [0.2, 0.25) is 0 Å². The molecule has 0 aliphatic carbocycles. The Labute approximate surface area is 89.1 Å². The highest BCUT2D eigenvalue weighted by Gasteiger charge is 2.01. The van der Waals surface area contributed by atoms with Crippen LogP contribution >= 0.6 is 11.8 Å². The molecule has 0 aliphatic rings. The molecule has 76 valence electrons. The zero-order valence-electron chi connectivity index (χ0n) is 8.78. The Morgan fingerprint density at radius 1 is 1.50 bits per heavy atom. The van der Waals surface area contributed by atoms with Crippen LogP contribution < -0.4 is 0 Å². The molecule has 0 fully saturated rings. The number of pyridine rings is 1. The molecule has 0 saturated heterocycles. The molecule has 1 heterocycles. The number of hydrogen-bond donors (Lipinski definition) is 0. The molecule has 0 aliphatic heterocycles. The summed E-state index contributed by atoms with van der Waals surface area (Å²) in [6.45, 7) is 5.90. The summed E-state index contributed by atoms with van der Waals surface area (Å²) in [7, 11) is 0. The fourth-order valence-corrected chi connectivity index (χ4v) is 1.75. The van der Waals surface area contributed by atoms with E-state index in [1.807, 2.05) is 6.07 Å². The van der Waals surface area contributed by atoms with E-state index in [9.17, 15) is 4.79 Å². The molecule has 0 N–H and O–H groups in total. The fraction of sp³-hybridized carbons (Fsp3) is 0.455. The second-order valence-electron chi connectivity index (χ2n) is 3.64. The number of rotatable bonds is 4. The number of thioether (sulfide) groups is 1. The lowest BCUT2D eigenvalue weighted by molar-refractivity contribution is 0.101. The fourth-order valence-electron chi connectivity index (χ4n) is 0.937. The molecular weight excluding hydrogens is 194 g/mol. The second-order valence-corrected chi connectivity index (χ2v) is 4.73. The van der Waals surface area contributed by atoms with E-state index in [-0.39, 0.29) is 5.78 Å². The number of Topliss-reactive ketones (excluding diaryl/α,β-unsaturated/α-hetero) is 1. The monoisotopic (exact) mass is 209 g/mol. The van der Waals surface area contributed by atoms with Crippen LogP contribution in [-0.4, -0.2) is 16.5 Å². The lowest BCUT2D eigenvalue weighted by Gasteiger charge is -2.04. The molecule has 14 heavy (non-hydrogen) atoms. The van der Waals surface area contributed by atoms with Crippen LogP contribution in [-0.2, 0) is 0 Å². The Morgan fingerprint density at radius 3 is 2.64 bits per heavy atom. The first-order chi connectivity index (χ1) is 6.59. The summed E-state index contributed by atoms with van der Waals surface area (Å²) in [5.41, 5.74) is 0.541. The smallest absolute Gasteiger partial charge is 0.178 e. The number of carbonyl (C=O) groups is 1. The van der Waals surface area contributed by atoms with Crippen LogP contribution in [0.2, 0.25) is 0 Å². The van der Waals surface area contributed by atoms with Gasteiger partial charge in [-0.1, -0.05) is 13.8 Å². The number of hydrogen-bond acceptors (Lipinski definition) is 3. The highest BCUT2D eigenvalue weighted by molar-refractivity contribution is 7.99. The standard InChI is InChI=1S/C11H15NOS/c1-8(2)7-14-10-4-5-11(9(3)13)12-6-10/h4-6,8H,7H2,1-3H3. The highest BCUT2D eigenvalue weighted by atomic mass is 32.2. The molecule has 0 amide bonds.